The molecule has 1 N–H and O–H groups in total. The lowest BCUT2D eigenvalue weighted by Crippen LogP contribution is -2.33. The van der Waals surface area contributed by atoms with Crippen molar-refractivity contribution in [3.8, 4) is 0 Å². The van der Waals surface area contributed by atoms with E-state index in [1.54, 1.807) is 37.3 Å². The molecule has 1 fully saturated rings. The van der Waals surface area contributed by atoms with Gasteiger partial charge in [-0.2, -0.15) is 0 Å². The molecule has 1 aromatic carbocycles. The Bertz CT molecular complexity index is 957. The molecule has 0 unspecified atom stereocenters. The van der Waals surface area contributed by atoms with Gasteiger partial charge in [0.15, 0.2) is 6.10 Å². The van der Waals surface area contributed by atoms with Crippen LogP contribution in [0.5, 0.6) is 0 Å². The summed E-state index contributed by atoms with van der Waals surface area (Å²) in [5.41, 5.74) is -0.281. The summed E-state index contributed by atoms with van der Waals surface area (Å²) in [6, 6.07) is 7.96. The number of aryl methyl sites for hydroxylation is 1. The van der Waals surface area contributed by atoms with Crippen LogP contribution in [-0.4, -0.2) is 34.3 Å². The van der Waals surface area contributed by atoms with Gasteiger partial charge in [0.1, 0.15) is 12.8 Å². The molecule has 26 heavy (non-hydrogen) atoms. The van der Waals surface area contributed by atoms with E-state index in [0.29, 0.717) is 11.1 Å². The molecule has 0 saturated carbocycles. The first kappa shape index (κ1) is 17.6. The molecule has 0 aliphatic carbocycles. The van der Waals surface area contributed by atoms with Crippen molar-refractivity contribution in [3.05, 3.63) is 79.9 Å². The molecule has 0 radical (unpaired) electrons. The Kier molecular flexibility index (Phi) is 5.00. The van der Waals surface area contributed by atoms with Gasteiger partial charge in [0.25, 0.3) is 11.6 Å². The monoisotopic (exact) mass is 355 g/mol. The fraction of sp³-hybridized carbons (Fsp3) is 0.333. The van der Waals surface area contributed by atoms with Crippen LogP contribution < -0.4 is 11.2 Å². The predicted octanol–water partition coefficient (Wildman–Crippen LogP) is 1.28. The van der Waals surface area contributed by atoms with Gasteiger partial charge < -0.3 is 14.3 Å². The largest absolute Gasteiger partial charge is 0.459 e. The van der Waals surface area contributed by atoms with Crippen LogP contribution in [0.1, 0.15) is 28.6 Å². The van der Waals surface area contributed by atoms with Crippen LogP contribution in [0.2, 0.25) is 0 Å². The summed E-state index contributed by atoms with van der Waals surface area (Å²) in [7, 11) is 0. The van der Waals surface area contributed by atoms with Crippen LogP contribution in [0.4, 0.5) is 0 Å². The molecule has 0 spiro atoms. The lowest BCUT2D eigenvalue weighted by molar-refractivity contribution is -0.0348. The molecule has 0 amide bonds. The van der Waals surface area contributed by atoms with Gasteiger partial charge in [0, 0.05) is 11.8 Å². The van der Waals surface area contributed by atoms with E-state index in [4.69, 9.17) is 16.0 Å². The van der Waals surface area contributed by atoms with Gasteiger partial charge in [-0.05, 0) is 19.1 Å². The number of nitrogens with zero attached hydrogens (tertiary/aromatic N) is 2. The molecule has 2 aromatic rings. The fourth-order valence-corrected chi connectivity index (χ4v) is 2.79. The van der Waals surface area contributed by atoms with E-state index in [-0.39, 0.29) is 13.0 Å². The molecule has 1 aliphatic heterocycles. The maximum absolute atomic E-state index is 12.0. The zero-order valence-electron chi connectivity index (χ0n) is 14.0. The third-order valence-corrected chi connectivity index (χ3v) is 4.21. The minimum atomic E-state index is -0.697. The van der Waals surface area contributed by atoms with Gasteiger partial charge >= 0.3 is 11.7 Å². The molecule has 2 heterocycles. The van der Waals surface area contributed by atoms with Gasteiger partial charge in [-0.1, -0.05) is 18.2 Å². The van der Waals surface area contributed by atoms with E-state index in [9.17, 15) is 14.4 Å². The molecule has 8 heteroatoms. The number of nitrogens with one attached hydrogen (secondary N) is 1. The maximum atomic E-state index is 12.0. The van der Waals surface area contributed by atoms with E-state index in [0.717, 1.165) is 0 Å². The predicted molar refractivity (Wildman–Crippen MR) is 91.7 cm³/mol. The summed E-state index contributed by atoms with van der Waals surface area (Å²) < 4.78 is 12.3. The standard InChI is InChI=1S/C18H17N3O5/c1-11-9-21(18(24)20-16(11)22)15-8-13(19-2)14(26-15)10-25-17(23)12-6-4-3-5-7-12/h3-7,9,13-15H,8,10H2,1H3,(H,20,22,24)/t13-,14+,15+/m0/s1. The van der Waals surface area contributed by atoms with E-state index >= 15 is 0 Å². The number of carbonyl (C=O) groups excluding carboxylic acids is 1. The molecule has 8 nitrogen and oxygen atoms in total. The lowest BCUT2D eigenvalue weighted by atomic mass is 10.1. The number of H-pyrrole nitrogens is 1. The Labute approximate surface area is 148 Å². The first-order valence-electron chi connectivity index (χ1n) is 8.06. The van der Waals surface area contributed by atoms with Crippen molar-refractivity contribution in [2.45, 2.75) is 31.7 Å². The molecular formula is C18H17N3O5. The van der Waals surface area contributed by atoms with Gasteiger partial charge in [-0.25, -0.2) is 16.2 Å². The van der Waals surface area contributed by atoms with Gasteiger partial charge in [0.05, 0.1) is 12.0 Å². The fourth-order valence-electron chi connectivity index (χ4n) is 2.79. The summed E-state index contributed by atoms with van der Waals surface area (Å²) in [5.74, 6) is -0.501. The minimum absolute atomic E-state index is 0.0889. The van der Waals surface area contributed by atoms with E-state index in [2.05, 4.69) is 9.83 Å². The third kappa shape index (κ3) is 3.58. The lowest BCUT2D eigenvalue weighted by Gasteiger charge is -2.15. The number of ether oxygens (including phenoxy) is 2. The molecule has 3 rings (SSSR count). The summed E-state index contributed by atoms with van der Waals surface area (Å²) in [6.07, 6.45) is 0.329. The minimum Gasteiger partial charge on any atom is -0.459 e. The molecule has 134 valence electrons. The number of rotatable bonds is 4. The molecule has 1 aliphatic rings. The second kappa shape index (κ2) is 7.37. The van der Waals surface area contributed by atoms with Crippen LogP contribution in [0, 0.1) is 13.5 Å². The van der Waals surface area contributed by atoms with Crippen molar-refractivity contribution in [1.29, 1.82) is 0 Å². The normalized spacial score (nSPS) is 21.9. The highest BCUT2D eigenvalue weighted by Crippen LogP contribution is 2.30. The van der Waals surface area contributed by atoms with E-state index in [1.807, 2.05) is 0 Å². The second-order valence-electron chi connectivity index (χ2n) is 6.00. The Morgan fingerprint density at radius 3 is 2.81 bits per heavy atom. The number of esters is 1. The van der Waals surface area contributed by atoms with Crippen LogP contribution in [0.3, 0.4) is 0 Å². The zero-order valence-corrected chi connectivity index (χ0v) is 14.0. The summed E-state index contributed by atoms with van der Waals surface area (Å²) in [5, 5.41) is 0. The molecule has 3 atom stereocenters. The van der Waals surface area contributed by atoms with Crippen molar-refractivity contribution in [2.75, 3.05) is 6.61 Å². The topological polar surface area (TPSA) is 94.8 Å². The molecule has 0 bridgehead atoms. The first-order chi connectivity index (χ1) is 12.5. The molecule has 1 aromatic heterocycles. The summed E-state index contributed by atoms with van der Waals surface area (Å²) >= 11 is 0. The Balaban J connectivity index is 1.71. The Hall–Kier alpha value is -3.18. The number of aromatic amines is 1. The molecule has 1 saturated heterocycles. The average Bonchev–Trinajstić information content (AvgIpc) is 3.06. The number of aromatic nitrogens is 2. The van der Waals surface area contributed by atoms with Crippen molar-refractivity contribution in [2.24, 2.45) is 0 Å². The van der Waals surface area contributed by atoms with Crippen LogP contribution in [0.15, 0.2) is 46.1 Å². The van der Waals surface area contributed by atoms with Crippen LogP contribution in [-0.2, 0) is 9.47 Å². The Morgan fingerprint density at radius 1 is 1.38 bits per heavy atom. The number of hydrogen-bond donors (Lipinski definition) is 1. The average molecular weight is 355 g/mol. The smallest absolute Gasteiger partial charge is 0.338 e. The number of carbonyl (C=O) groups is 1. The van der Waals surface area contributed by atoms with Crippen LogP contribution in [0.25, 0.3) is 4.85 Å². The Morgan fingerprint density at radius 2 is 2.12 bits per heavy atom. The van der Waals surface area contributed by atoms with Crippen molar-refractivity contribution in [1.82, 2.24) is 9.55 Å². The third-order valence-electron chi connectivity index (χ3n) is 4.21. The number of benzene rings is 1. The van der Waals surface area contributed by atoms with Gasteiger partial charge in [-0.15, -0.1) is 0 Å². The quantitative estimate of drug-likeness (QED) is 0.658. The van der Waals surface area contributed by atoms with Crippen LogP contribution >= 0.6 is 0 Å². The highest BCUT2D eigenvalue weighted by atomic mass is 16.6. The van der Waals surface area contributed by atoms with Crippen molar-refractivity contribution < 1.29 is 14.3 Å². The molecular weight excluding hydrogens is 338 g/mol. The SMILES string of the molecule is [C-]#[N+][C@H]1C[C@H](n2cc(C)c(=O)[nH]c2=O)O[C@@H]1COC(=O)c1ccccc1. The van der Waals surface area contributed by atoms with Crippen molar-refractivity contribution in [3.63, 3.8) is 0 Å². The maximum Gasteiger partial charge on any atom is 0.338 e. The van der Waals surface area contributed by atoms with Gasteiger partial charge in [-0.3, -0.25) is 14.3 Å². The summed E-state index contributed by atoms with van der Waals surface area (Å²) in [4.78, 5) is 41.2. The summed E-state index contributed by atoms with van der Waals surface area (Å²) in [6.45, 7) is 8.81. The first-order valence-corrected chi connectivity index (χ1v) is 8.06. The van der Waals surface area contributed by atoms with Gasteiger partial charge in [0.2, 0.25) is 0 Å². The van der Waals surface area contributed by atoms with Crippen molar-refractivity contribution >= 4 is 5.97 Å². The zero-order chi connectivity index (χ0) is 18.7. The number of hydrogen-bond acceptors (Lipinski definition) is 5. The van der Waals surface area contributed by atoms with E-state index < -0.39 is 35.6 Å². The highest BCUT2D eigenvalue weighted by Gasteiger charge is 2.42. The highest BCUT2D eigenvalue weighted by molar-refractivity contribution is 5.89. The second-order valence-corrected chi connectivity index (χ2v) is 6.00. The van der Waals surface area contributed by atoms with E-state index in [1.165, 1.54) is 10.8 Å².